The van der Waals surface area contributed by atoms with Crippen LogP contribution in [0.1, 0.15) is 56.4 Å². The van der Waals surface area contributed by atoms with E-state index in [-0.39, 0.29) is 6.61 Å². The molecule has 1 N–H and O–H groups in total. The third-order valence-corrected chi connectivity index (χ3v) is 5.18. The second kappa shape index (κ2) is 7.83. The molecule has 3 heteroatoms. The van der Waals surface area contributed by atoms with Crippen molar-refractivity contribution in [1.82, 2.24) is 4.90 Å². The van der Waals surface area contributed by atoms with Gasteiger partial charge < -0.3 is 5.11 Å². The molecule has 0 aromatic carbocycles. The molecule has 1 aliphatic carbocycles. The van der Waals surface area contributed by atoms with Crippen LogP contribution >= 0.6 is 11.3 Å². The Kier molecular flexibility index (Phi) is 6.09. The predicted molar refractivity (Wildman–Crippen MR) is 85.8 cm³/mol. The molecular weight excluding hydrogens is 266 g/mol. The molecule has 1 aliphatic rings. The highest BCUT2D eigenvalue weighted by Gasteiger charge is 2.26. The van der Waals surface area contributed by atoms with Gasteiger partial charge in [0.2, 0.25) is 0 Å². The van der Waals surface area contributed by atoms with Gasteiger partial charge in [0.05, 0.1) is 0 Å². The minimum atomic E-state index is -0.0632. The molecule has 20 heavy (non-hydrogen) atoms. The monoisotopic (exact) mass is 291 g/mol. The van der Waals surface area contributed by atoms with Gasteiger partial charge in [0.1, 0.15) is 6.61 Å². The van der Waals surface area contributed by atoms with E-state index in [2.05, 4.69) is 42.0 Å². The Morgan fingerprint density at radius 2 is 2.20 bits per heavy atom. The average Bonchev–Trinajstić information content (AvgIpc) is 3.13. The number of hydrogen-bond donors (Lipinski definition) is 1. The quantitative estimate of drug-likeness (QED) is 0.837. The van der Waals surface area contributed by atoms with Crippen LogP contribution in [0.25, 0.3) is 0 Å². The van der Waals surface area contributed by atoms with Gasteiger partial charge in [-0.3, -0.25) is 4.90 Å². The largest absolute Gasteiger partial charge is 0.384 e. The second-order valence-corrected chi connectivity index (χ2v) is 6.63. The van der Waals surface area contributed by atoms with Gasteiger partial charge in [-0.2, -0.15) is 0 Å². The van der Waals surface area contributed by atoms with Crippen molar-refractivity contribution in [2.75, 3.05) is 6.61 Å². The Morgan fingerprint density at radius 1 is 1.45 bits per heavy atom. The number of hydrogen-bond acceptors (Lipinski definition) is 3. The van der Waals surface area contributed by atoms with E-state index >= 15 is 0 Å². The molecule has 1 atom stereocenters. The average molecular weight is 291 g/mol. The van der Waals surface area contributed by atoms with Gasteiger partial charge in [-0.25, -0.2) is 0 Å². The minimum Gasteiger partial charge on any atom is -0.384 e. The van der Waals surface area contributed by atoms with Crippen LogP contribution in [0.5, 0.6) is 0 Å². The molecule has 1 saturated carbocycles. The van der Waals surface area contributed by atoms with Crippen molar-refractivity contribution < 1.29 is 5.11 Å². The number of thiophene rings is 1. The molecule has 1 aromatic heterocycles. The lowest BCUT2D eigenvalue weighted by molar-refractivity contribution is 0.134. The van der Waals surface area contributed by atoms with E-state index in [1.54, 1.807) is 11.3 Å². The van der Waals surface area contributed by atoms with Crippen molar-refractivity contribution >= 4 is 11.3 Å². The van der Waals surface area contributed by atoms with Crippen LogP contribution in [0.2, 0.25) is 0 Å². The first kappa shape index (κ1) is 15.6. The summed E-state index contributed by atoms with van der Waals surface area (Å²) in [4.78, 5) is 4.07. The highest BCUT2D eigenvalue weighted by atomic mass is 32.1. The molecule has 2 rings (SSSR count). The SMILES string of the molecule is CC[C@@H](C)N(Cc1cc(C#CCO)cs1)C1CCCC1. The Balaban J connectivity index is 2.04. The van der Waals surface area contributed by atoms with Crippen LogP contribution in [0.15, 0.2) is 11.4 Å². The lowest BCUT2D eigenvalue weighted by atomic mass is 10.1. The summed E-state index contributed by atoms with van der Waals surface area (Å²) in [6, 6.07) is 3.59. The molecule has 0 amide bonds. The van der Waals surface area contributed by atoms with Gasteiger partial charge in [0, 0.05) is 34.4 Å². The van der Waals surface area contributed by atoms with Crippen LogP contribution in [0, 0.1) is 11.8 Å². The molecule has 1 heterocycles. The lowest BCUT2D eigenvalue weighted by Gasteiger charge is -2.33. The third-order valence-electron chi connectivity index (χ3n) is 4.25. The zero-order chi connectivity index (χ0) is 14.4. The van der Waals surface area contributed by atoms with E-state index in [1.807, 2.05) is 0 Å². The summed E-state index contributed by atoms with van der Waals surface area (Å²) in [6.45, 7) is 5.61. The summed E-state index contributed by atoms with van der Waals surface area (Å²) in [5.41, 5.74) is 1.04. The van der Waals surface area contributed by atoms with Crippen LogP contribution in [0.3, 0.4) is 0 Å². The smallest absolute Gasteiger partial charge is 0.104 e. The lowest BCUT2D eigenvalue weighted by Crippen LogP contribution is -2.39. The first-order valence-corrected chi connectivity index (χ1v) is 8.55. The molecule has 1 aromatic rings. The summed E-state index contributed by atoms with van der Waals surface area (Å²) in [6.07, 6.45) is 6.68. The van der Waals surface area contributed by atoms with Gasteiger partial charge in [-0.1, -0.05) is 31.6 Å². The highest BCUT2D eigenvalue weighted by molar-refractivity contribution is 7.10. The molecular formula is C17H25NOS. The van der Waals surface area contributed by atoms with Crippen molar-refractivity contribution in [2.24, 2.45) is 0 Å². The Labute approximate surface area is 126 Å². The van der Waals surface area contributed by atoms with E-state index in [0.29, 0.717) is 6.04 Å². The second-order valence-electron chi connectivity index (χ2n) is 5.63. The number of aliphatic hydroxyl groups excluding tert-OH is 1. The normalized spacial score (nSPS) is 17.2. The molecule has 110 valence electrons. The maximum absolute atomic E-state index is 8.75. The predicted octanol–water partition coefficient (Wildman–Crippen LogP) is 3.64. The highest BCUT2D eigenvalue weighted by Crippen LogP contribution is 2.28. The zero-order valence-corrected chi connectivity index (χ0v) is 13.4. The minimum absolute atomic E-state index is 0.0632. The van der Waals surface area contributed by atoms with Crippen LogP contribution in [-0.2, 0) is 6.54 Å². The fourth-order valence-corrected chi connectivity index (χ4v) is 3.79. The first-order valence-electron chi connectivity index (χ1n) is 7.67. The summed E-state index contributed by atoms with van der Waals surface area (Å²) >= 11 is 1.79. The maximum atomic E-state index is 8.75. The van der Waals surface area contributed by atoms with Gasteiger partial charge >= 0.3 is 0 Å². The van der Waals surface area contributed by atoms with Crippen molar-refractivity contribution in [1.29, 1.82) is 0 Å². The summed E-state index contributed by atoms with van der Waals surface area (Å²) in [7, 11) is 0. The van der Waals surface area contributed by atoms with Gasteiger partial charge in [-0.15, -0.1) is 11.3 Å². The fraction of sp³-hybridized carbons (Fsp3) is 0.647. The fourth-order valence-electron chi connectivity index (χ4n) is 2.97. The maximum Gasteiger partial charge on any atom is 0.104 e. The van der Waals surface area contributed by atoms with E-state index in [9.17, 15) is 0 Å². The van der Waals surface area contributed by atoms with Gasteiger partial charge in [-0.05, 0) is 32.3 Å². The summed E-state index contributed by atoms with van der Waals surface area (Å²) in [5, 5.41) is 10.8. The van der Waals surface area contributed by atoms with E-state index < -0.39 is 0 Å². The molecule has 2 nitrogen and oxygen atoms in total. The number of aliphatic hydroxyl groups is 1. The number of rotatable bonds is 5. The van der Waals surface area contributed by atoms with Crippen LogP contribution < -0.4 is 0 Å². The molecule has 0 saturated heterocycles. The van der Waals surface area contributed by atoms with E-state index in [0.717, 1.165) is 18.2 Å². The third kappa shape index (κ3) is 4.09. The molecule has 0 spiro atoms. The first-order chi connectivity index (χ1) is 9.74. The standard InChI is InChI=1S/C17H25NOS/c1-3-14(2)18(16-8-4-5-9-16)12-17-11-15(13-20-17)7-6-10-19/h11,13-14,16,19H,3-5,8-10,12H2,1-2H3/t14-/m1/s1. The van der Waals surface area contributed by atoms with Crippen molar-refractivity contribution in [2.45, 2.75) is 64.6 Å². The summed E-state index contributed by atoms with van der Waals surface area (Å²) < 4.78 is 0. The van der Waals surface area contributed by atoms with Crippen LogP contribution in [-0.4, -0.2) is 28.7 Å². The van der Waals surface area contributed by atoms with Crippen molar-refractivity contribution in [3.8, 4) is 11.8 Å². The van der Waals surface area contributed by atoms with Crippen molar-refractivity contribution in [3.05, 3.63) is 21.9 Å². The molecule has 1 fully saturated rings. The molecule has 0 aliphatic heterocycles. The number of nitrogens with zero attached hydrogens (tertiary/aromatic N) is 1. The van der Waals surface area contributed by atoms with Gasteiger partial charge in [0.15, 0.2) is 0 Å². The summed E-state index contributed by atoms with van der Waals surface area (Å²) in [5.74, 6) is 5.71. The zero-order valence-electron chi connectivity index (χ0n) is 12.6. The topological polar surface area (TPSA) is 23.5 Å². The van der Waals surface area contributed by atoms with Crippen molar-refractivity contribution in [3.63, 3.8) is 0 Å². The van der Waals surface area contributed by atoms with Gasteiger partial charge in [0.25, 0.3) is 0 Å². The Hall–Kier alpha value is -0.820. The Morgan fingerprint density at radius 3 is 2.85 bits per heavy atom. The van der Waals surface area contributed by atoms with E-state index in [1.165, 1.54) is 37.0 Å². The molecule has 0 radical (unpaired) electrons. The molecule has 0 unspecified atom stereocenters. The molecule has 0 bridgehead atoms. The van der Waals surface area contributed by atoms with Crippen LogP contribution in [0.4, 0.5) is 0 Å². The Bertz CT molecular complexity index is 465. The van der Waals surface area contributed by atoms with E-state index in [4.69, 9.17) is 5.11 Å².